The number of piperidine rings is 1. The first-order valence-electron chi connectivity index (χ1n) is 41.9. The molecule has 7 aromatic heterocycles. The molecule has 1 fully saturated rings. The predicted octanol–water partition coefficient (Wildman–Crippen LogP) is 23.8. The van der Waals surface area contributed by atoms with E-state index in [1.54, 1.807) is 5.57 Å². The number of rotatable bonds is 0. The molecule has 14 nitrogen and oxygen atoms in total. The van der Waals surface area contributed by atoms with Gasteiger partial charge in [0.25, 0.3) is 0 Å². The summed E-state index contributed by atoms with van der Waals surface area (Å²) in [7, 11) is 0. The van der Waals surface area contributed by atoms with E-state index in [0.717, 1.165) is 57.1 Å². The van der Waals surface area contributed by atoms with Gasteiger partial charge in [-0.3, -0.25) is 34.4 Å². The number of hydrogen-bond acceptors (Lipinski definition) is 10. The highest BCUT2D eigenvalue weighted by atomic mass is 15.3. The van der Waals surface area contributed by atoms with Crippen LogP contribution >= 0.6 is 0 Å². The fourth-order valence-electron chi connectivity index (χ4n) is 15.3. The van der Waals surface area contributed by atoms with E-state index in [4.69, 9.17) is 0 Å². The molecule has 0 bridgehead atoms. The fourth-order valence-corrected chi connectivity index (χ4v) is 15.3. The van der Waals surface area contributed by atoms with Gasteiger partial charge in [-0.05, 0) is 243 Å². The van der Waals surface area contributed by atoms with E-state index in [-0.39, 0.29) is 39.9 Å². The fraction of sp³-hybridized carbons (Fsp3) is 0.530. The average Bonchev–Trinajstić information content (AvgIpc) is 1.30. The van der Waals surface area contributed by atoms with E-state index < -0.39 is 0 Å². The molecule has 14 heteroatoms. The van der Waals surface area contributed by atoms with Crippen molar-refractivity contribution in [3.8, 4) is 0 Å². The maximum absolute atomic E-state index is 4.38. The standard InChI is InChI=1S/C14H16.C12H15N.C11H14N2.C11H18N2.2C11H14N2.2C10H16N2.C9H19N.CH4/c1-14(2,3)13-10-6-8-11-7-4-5-9-12(11)13;1-12(2,3)11-6-4-5-9-7-13-8-10(9)11;1-11(2,3)9-5-7-13-10-8(9)4-6-12-10;1-11(2,3)13-5-4-9-6-12-7-10(9)8-13;1-11(2,3)9-6-8-4-5-12-10(8)13-7-9;1-11(2,3)9-8-12-13-7-5-4-6-10(9)13;1-10(2,3)12-6-8-4-11-5-9(8)7-12;1-10(2,3)8-7-11-12-6-4-5-9(8)12;1-9(2,3)10-7-5-4-6-8-10;/h4-10H,1-3H3;4-6,8H,7H2,1-3H3;4-7H,1-3H3,(H,12,13);7H,4-6,8H2,1-3H3;4-7H,1-3H3,(H,12,13);4-8H,1-3H3;4H,5-7H2,1-3H3;7H,4-6H2,1-3H3;4-8H2,1-3H3;1H4. The molecule has 0 saturated carbocycles. The maximum atomic E-state index is 4.38. The maximum Gasteiger partial charge on any atom is 0.137 e. The average molecular weight is 1540 g/mol. The Hall–Kier alpha value is -8.43. The third-order valence-electron chi connectivity index (χ3n) is 22.3. The number of aromatic nitrogens is 8. The monoisotopic (exact) mass is 1540 g/mol. The van der Waals surface area contributed by atoms with Crippen molar-refractivity contribution in [2.75, 3.05) is 52.4 Å². The van der Waals surface area contributed by atoms with Gasteiger partial charge in [0.2, 0.25) is 0 Å². The lowest BCUT2D eigenvalue weighted by Crippen LogP contribution is -2.45. The van der Waals surface area contributed by atoms with Gasteiger partial charge in [-0.15, -0.1) is 0 Å². The summed E-state index contributed by atoms with van der Waals surface area (Å²) in [6, 6.07) is 36.2. The molecule has 0 aliphatic carbocycles. The molecule has 1 saturated heterocycles. The number of likely N-dealkylation sites (tertiary alicyclic amines) is 1. The van der Waals surface area contributed by atoms with Crippen molar-refractivity contribution in [1.82, 2.24) is 54.0 Å². The Bertz CT molecular complexity index is 4890. The molecule has 0 amide bonds. The quantitative estimate of drug-likeness (QED) is 0.154. The SMILES string of the molecule is C.CC(C)(C)N1CC2=C(CN=C2)C1.CC(C)(C)N1CCC2=C(C=NC2)C1.CC(C)(C)N1CCCCC1.CC(C)(C)c1cccc2c1C=NC2.CC(C)(C)c1cccc2ccccc12.CC(C)(C)c1ccnc2[nH]ccc12.CC(C)(C)c1cnc2[nH]ccc2c1.CC(C)(C)c1cnn2c1CCC2.CC(C)(C)c1cnn2ccccc12. The van der Waals surface area contributed by atoms with Crippen molar-refractivity contribution in [2.45, 2.75) is 295 Å². The lowest BCUT2D eigenvalue weighted by molar-refractivity contribution is 0.111. The molecule has 14 heterocycles. The van der Waals surface area contributed by atoms with E-state index >= 15 is 0 Å². The first-order chi connectivity index (χ1) is 52.8. The molecule has 0 unspecified atom stereocenters. The van der Waals surface area contributed by atoms with E-state index in [1.165, 1.54) is 152 Å². The van der Waals surface area contributed by atoms with Crippen molar-refractivity contribution in [3.63, 3.8) is 0 Å². The number of benzene rings is 3. The molecular formula is C100H146N14. The number of H-pyrrole nitrogens is 2. The molecule has 0 radical (unpaired) electrons. The van der Waals surface area contributed by atoms with Crippen molar-refractivity contribution in [1.29, 1.82) is 0 Å². The van der Waals surface area contributed by atoms with Gasteiger partial charge in [-0.1, -0.05) is 205 Å². The second kappa shape index (κ2) is 37.7. The van der Waals surface area contributed by atoms with Gasteiger partial charge in [-0.2, -0.15) is 10.2 Å². The van der Waals surface area contributed by atoms with Gasteiger partial charge >= 0.3 is 0 Å². The molecule has 2 N–H and O–H groups in total. The third kappa shape index (κ3) is 24.8. The zero-order chi connectivity index (χ0) is 82.7. The van der Waals surface area contributed by atoms with Crippen molar-refractivity contribution < 1.29 is 0 Å². The first kappa shape index (κ1) is 91.1. The summed E-state index contributed by atoms with van der Waals surface area (Å²) >= 11 is 0. The Balaban J connectivity index is 0.000000161. The summed E-state index contributed by atoms with van der Waals surface area (Å²) in [6.45, 7) is 71.7. The van der Waals surface area contributed by atoms with Crippen LogP contribution < -0.4 is 0 Å². The molecular weight excluding hydrogens is 1400 g/mol. The van der Waals surface area contributed by atoms with E-state index in [0.29, 0.717) is 16.6 Å². The van der Waals surface area contributed by atoms with Crippen LogP contribution in [-0.4, -0.2) is 142 Å². The summed E-state index contributed by atoms with van der Waals surface area (Å²) < 4.78 is 4.07. The number of aromatic amines is 2. The van der Waals surface area contributed by atoms with Gasteiger partial charge < -0.3 is 9.97 Å². The van der Waals surface area contributed by atoms with Crippen LogP contribution in [0.25, 0.3) is 38.4 Å². The van der Waals surface area contributed by atoms with E-state index in [1.807, 2.05) is 72.5 Å². The topological polar surface area (TPSA) is 139 Å². The number of nitrogens with one attached hydrogen (secondary N) is 2. The zero-order valence-electron chi connectivity index (χ0n) is 74.8. The van der Waals surface area contributed by atoms with Crippen LogP contribution in [0.5, 0.6) is 0 Å². The van der Waals surface area contributed by atoms with E-state index in [2.05, 4.69) is 349 Å². The lowest BCUT2D eigenvalue weighted by atomic mass is 9.83. The number of fused-ring (bicyclic) bond motifs is 6. The molecule has 0 spiro atoms. The van der Waals surface area contributed by atoms with Gasteiger partial charge in [0.05, 0.1) is 37.5 Å². The van der Waals surface area contributed by atoms with Crippen LogP contribution in [0.2, 0.25) is 0 Å². The number of hydrogen-bond donors (Lipinski definition) is 2. The highest BCUT2D eigenvalue weighted by Crippen LogP contribution is 2.35. The molecule has 114 heavy (non-hydrogen) atoms. The normalized spacial score (nSPS) is 16.3. The minimum atomic E-state index is 0. The Morgan fingerprint density at radius 3 is 1.55 bits per heavy atom. The largest absolute Gasteiger partial charge is 0.346 e. The summed E-state index contributed by atoms with van der Waals surface area (Å²) in [5.41, 5.74) is 23.8. The number of nitrogens with zero attached hydrogens (tertiary/aromatic N) is 12. The molecule has 616 valence electrons. The Kier molecular flexibility index (Phi) is 30.1. The minimum Gasteiger partial charge on any atom is -0.346 e. The first-order valence-corrected chi connectivity index (χ1v) is 41.9. The second-order valence-corrected chi connectivity index (χ2v) is 40.8. The molecule has 17 rings (SSSR count). The third-order valence-corrected chi connectivity index (χ3v) is 22.3. The van der Waals surface area contributed by atoms with Crippen LogP contribution in [0, 0.1) is 0 Å². The Morgan fingerprint density at radius 2 is 0.930 bits per heavy atom. The van der Waals surface area contributed by atoms with Crippen molar-refractivity contribution in [2.24, 2.45) is 15.0 Å². The Labute approximate surface area is 688 Å². The van der Waals surface area contributed by atoms with Gasteiger partial charge in [0, 0.05) is 127 Å². The highest BCUT2D eigenvalue weighted by molar-refractivity contribution is 5.88. The molecule has 3 aromatic carbocycles. The van der Waals surface area contributed by atoms with Gasteiger partial charge in [-0.25, -0.2) is 14.5 Å². The van der Waals surface area contributed by atoms with Crippen molar-refractivity contribution in [3.05, 3.63) is 219 Å². The van der Waals surface area contributed by atoms with Crippen molar-refractivity contribution >= 4 is 57.0 Å². The summed E-state index contributed by atoms with van der Waals surface area (Å²) in [5.74, 6) is 0. The molecule has 7 aliphatic rings. The van der Waals surface area contributed by atoms with Crippen LogP contribution in [0.15, 0.2) is 184 Å². The number of pyridine rings is 3. The summed E-state index contributed by atoms with van der Waals surface area (Å²) in [5, 5.41) is 13.8. The smallest absolute Gasteiger partial charge is 0.137 e. The number of aliphatic imine (C=N–C) groups is 3. The summed E-state index contributed by atoms with van der Waals surface area (Å²) in [4.78, 5) is 35.3. The molecule has 0 atom stereocenters. The lowest BCUT2D eigenvalue weighted by Gasteiger charge is -2.38. The predicted molar refractivity (Wildman–Crippen MR) is 492 cm³/mol. The Morgan fingerprint density at radius 1 is 0.377 bits per heavy atom. The van der Waals surface area contributed by atoms with Crippen LogP contribution in [0.3, 0.4) is 0 Å². The van der Waals surface area contributed by atoms with Gasteiger partial charge in [0.1, 0.15) is 11.3 Å². The number of aryl methyl sites for hydroxylation is 1. The molecule has 7 aliphatic heterocycles. The second-order valence-electron chi connectivity index (χ2n) is 40.8. The van der Waals surface area contributed by atoms with E-state index in [9.17, 15) is 0 Å². The minimum absolute atomic E-state index is 0. The van der Waals surface area contributed by atoms with Crippen LogP contribution in [0.1, 0.15) is 277 Å². The van der Waals surface area contributed by atoms with Gasteiger partial charge in [0.15, 0.2) is 0 Å². The van der Waals surface area contributed by atoms with Crippen LogP contribution in [0.4, 0.5) is 0 Å². The summed E-state index contributed by atoms with van der Waals surface area (Å²) in [6.07, 6.45) is 27.7. The van der Waals surface area contributed by atoms with Crippen LogP contribution in [-0.2, 0) is 52.0 Å². The molecule has 10 aromatic rings. The zero-order valence-corrected chi connectivity index (χ0v) is 74.8. The highest BCUT2D eigenvalue weighted by Gasteiger charge is 2.32.